The molecule has 1 aromatic carbocycles. The second-order valence-corrected chi connectivity index (χ2v) is 6.27. The fourth-order valence-electron chi connectivity index (χ4n) is 3.00. The van der Waals surface area contributed by atoms with Gasteiger partial charge in [-0.3, -0.25) is 14.4 Å². The topological polar surface area (TPSA) is 87.2 Å². The number of hydrogen-bond acceptors (Lipinski definition) is 4. The molecular weight excluding hydrogens is 324 g/mol. The molecule has 7 nitrogen and oxygen atoms in total. The minimum atomic E-state index is -0.879. The number of hydrogen-bond donors (Lipinski definition) is 1. The van der Waals surface area contributed by atoms with Crippen molar-refractivity contribution in [3.8, 4) is 0 Å². The quantitative estimate of drug-likeness (QED) is 0.835. The van der Waals surface area contributed by atoms with Crippen molar-refractivity contribution in [1.29, 1.82) is 0 Å². The smallest absolute Gasteiger partial charge is 0.308 e. The van der Waals surface area contributed by atoms with Crippen LogP contribution in [0.15, 0.2) is 24.3 Å². The van der Waals surface area contributed by atoms with E-state index in [-0.39, 0.29) is 24.9 Å². The molecule has 25 heavy (non-hydrogen) atoms. The summed E-state index contributed by atoms with van der Waals surface area (Å²) in [6.45, 7) is 0.976. The van der Waals surface area contributed by atoms with Crippen LogP contribution in [-0.2, 0) is 20.9 Å². The number of methoxy groups -OCH3 is 1. The third kappa shape index (κ3) is 4.79. The molecule has 0 aliphatic carbocycles. The lowest BCUT2D eigenvalue weighted by Gasteiger charge is -2.32. The zero-order valence-electron chi connectivity index (χ0n) is 14.6. The summed E-state index contributed by atoms with van der Waals surface area (Å²) in [7, 11) is 3.13. The summed E-state index contributed by atoms with van der Waals surface area (Å²) in [5, 5.41) is 9.12. The molecule has 0 radical (unpaired) electrons. The lowest BCUT2D eigenvalue weighted by molar-refractivity contribution is -0.145. The van der Waals surface area contributed by atoms with Crippen LogP contribution in [0.25, 0.3) is 0 Å². The van der Waals surface area contributed by atoms with Crippen LogP contribution in [0, 0.1) is 5.92 Å². The number of rotatable bonds is 6. The van der Waals surface area contributed by atoms with Crippen molar-refractivity contribution in [1.82, 2.24) is 9.80 Å². The number of carboxylic acid groups (broad SMARTS) is 1. The number of carbonyl (C=O) groups excluding carboxylic acids is 2. The number of benzene rings is 1. The molecule has 0 bridgehead atoms. The highest BCUT2D eigenvalue weighted by Crippen LogP contribution is 2.17. The minimum Gasteiger partial charge on any atom is -0.481 e. The molecule has 1 aliphatic rings. The van der Waals surface area contributed by atoms with E-state index < -0.39 is 11.9 Å². The van der Waals surface area contributed by atoms with Crippen molar-refractivity contribution in [2.45, 2.75) is 19.4 Å². The van der Waals surface area contributed by atoms with E-state index in [1.165, 1.54) is 9.80 Å². The third-order valence-corrected chi connectivity index (χ3v) is 4.39. The first kappa shape index (κ1) is 18.9. The van der Waals surface area contributed by atoms with Crippen molar-refractivity contribution < 1.29 is 24.2 Å². The first-order valence-corrected chi connectivity index (χ1v) is 8.27. The summed E-state index contributed by atoms with van der Waals surface area (Å²) in [6.07, 6.45) is 1.25. The maximum absolute atomic E-state index is 12.6. The Morgan fingerprint density at radius 1 is 1.32 bits per heavy atom. The van der Waals surface area contributed by atoms with Gasteiger partial charge < -0.3 is 19.6 Å². The van der Waals surface area contributed by atoms with Crippen molar-refractivity contribution >= 4 is 17.8 Å². The summed E-state index contributed by atoms with van der Waals surface area (Å²) < 4.78 is 5.11. The van der Waals surface area contributed by atoms with Gasteiger partial charge in [0.2, 0.25) is 5.91 Å². The van der Waals surface area contributed by atoms with Crippen LogP contribution < -0.4 is 0 Å². The van der Waals surface area contributed by atoms with Gasteiger partial charge in [-0.05, 0) is 24.5 Å². The fraction of sp³-hybridized carbons (Fsp3) is 0.500. The minimum absolute atomic E-state index is 0.0769. The highest BCUT2D eigenvalue weighted by molar-refractivity contribution is 5.97. The van der Waals surface area contributed by atoms with E-state index >= 15 is 0 Å². The Kier molecular flexibility index (Phi) is 6.52. The van der Waals surface area contributed by atoms with Crippen LogP contribution in [0.1, 0.15) is 28.8 Å². The lowest BCUT2D eigenvalue weighted by atomic mass is 9.98. The van der Waals surface area contributed by atoms with Gasteiger partial charge in [0.05, 0.1) is 19.1 Å². The number of piperidine rings is 1. The third-order valence-electron chi connectivity index (χ3n) is 4.39. The molecule has 1 fully saturated rings. The predicted octanol–water partition coefficient (Wildman–Crippen LogP) is 1.23. The zero-order valence-corrected chi connectivity index (χ0v) is 14.6. The van der Waals surface area contributed by atoms with E-state index in [2.05, 4.69) is 0 Å². The SMILES string of the molecule is COCc1ccccc1C(=O)N(C)CC(=O)N1CCCC(C(=O)O)C1. The number of amides is 2. The van der Waals surface area contributed by atoms with E-state index in [0.29, 0.717) is 31.6 Å². The average molecular weight is 348 g/mol. The molecule has 0 saturated carbocycles. The maximum atomic E-state index is 12.6. The van der Waals surface area contributed by atoms with E-state index in [9.17, 15) is 14.4 Å². The van der Waals surface area contributed by atoms with Gasteiger partial charge in [0.1, 0.15) is 0 Å². The van der Waals surface area contributed by atoms with E-state index in [1.807, 2.05) is 12.1 Å². The van der Waals surface area contributed by atoms with E-state index in [0.717, 1.165) is 5.56 Å². The summed E-state index contributed by atoms with van der Waals surface area (Å²) in [6, 6.07) is 7.12. The molecule has 2 rings (SSSR count). The van der Waals surface area contributed by atoms with Crippen molar-refractivity contribution in [3.05, 3.63) is 35.4 Å². The number of nitrogens with zero attached hydrogens (tertiary/aromatic N) is 2. The highest BCUT2D eigenvalue weighted by atomic mass is 16.5. The maximum Gasteiger partial charge on any atom is 0.308 e. The van der Waals surface area contributed by atoms with Gasteiger partial charge in [-0.15, -0.1) is 0 Å². The number of carboxylic acids is 1. The number of likely N-dealkylation sites (tertiary alicyclic amines) is 1. The molecule has 7 heteroatoms. The molecule has 0 spiro atoms. The van der Waals surface area contributed by atoms with Crippen LogP contribution in [0.5, 0.6) is 0 Å². The largest absolute Gasteiger partial charge is 0.481 e. The van der Waals surface area contributed by atoms with Crippen LogP contribution in [-0.4, -0.2) is 66.5 Å². The standard InChI is InChI=1S/C18H24N2O5/c1-19(17(22)15-8-4-3-6-14(15)12-25-2)11-16(21)20-9-5-7-13(10-20)18(23)24/h3-4,6,8,13H,5,7,9-12H2,1-2H3,(H,23,24). The van der Waals surface area contributed by atoms with Gasteiger partial charge in [0.25, 0.3) is 5.91 Å². The van der Waals surface area contributed by atoms with Gasteiger partial charge in [-0.1, -0.05) is 18.2 Å². The van der Waals surface area contributed by atoms with Gasteiger partial charge in [-0.2, -0.15) is 0 Å². The molecule has 1 aliphatic heterocycles. The molecule has 0 aromatic heterocycles. The van der Waals surface area contributed by atoms with Crippen LogP contribution >= 0.6 is 0 Å². The van der Waals surface area contributed by atoms with Gasteiger partial charge in [-0.25, -0.2) is 0 Å². The monoisotopic (exact) mass is 348 g/mol. The predicted molar refractivity (Wildman–Crippen MR) is 91.1 cm³/mol. The second kappa shape index (κ2) is 8.62. The normalized spacial score (nSPS) is 17.2. The first-order valence-electron chi connectivity index (χ1n) is 8.27. The molecule has 1 saturated heterocycles. The summed E-state index contributed by atoms with van der Waals surface area (Å²) >= 11 is 0. The Morgan fingerprint density at radius 3 is 2.72 bits per heavy atom. The molecule has 1 aromatic rings. The molecule has 1 atom stereocenters. The van der Waals surface area contributed by atoms with Crippen molar-refractivity contribution in [3.63, 3.8) is 0 Å². The molecule has 1 N–H and O–H groups in total. The molecular formula is C18H24N2O5. The Balaban J connectivity index is 2.01. The molecule has 1 unspecified atom stereocenters. The van der Waals surface area contributed by atoms with Crippen molar-refractivity contribution in [2.75, 3.05) is 33.8 Å². The number of aliphatic carboxylic acids is 1. The van der Waals surface area contributed by atoms with Crippen LogP contribution in [0.3, 0.4) is 0 Å². The summed E-state index contributed by atoms with van der Waals surface area (Å²) in [5.41, 5.74) is 1.26. The molecule has 1 heterocycles. The first-order chi connectivity index (χ1) is 11.9. The summed E-state index contributed by atoms with van der Waals surface area (Å²) in [4.78, 5) is 39.1. The molecule has 136 valence electrons. The Morgan fingerprint density at radius 2 is 2.04 bits per heavy atom. The highest BCUT2D eigenvalue weighted by Gasteiger charge is 2.29. The van der Waals surface area contributed by atoms with Gasteiger partial charge >= 0.3 is 5.97 Å². The van der Waals surface area contributed by atoms with Gasteiger partial charge in [0.15, 0.2) is 0 Å². The van der Waals surface area contributed by atoms with E-state index in [1.54, 1.807) is 26.3 Å². The Bertz CT molecular complexity index is 646. The second-order valence-electron chi connectivity index (χ2n) is 6.27. The van der Waals surface area contributed by atoms with Crippen LogP contribution in [0.4, 0.5) is 0 Å². The number of carbonyl (C=O) groups is 3. The Hall–Kier alpha value is -2.41. The zero-order chi connectivity index (χ0) is 18.4. The lowest BCUT2D eigenvalue weighted by Crippen LogP contribution is -2.47. The fourth-order valence-corrected chi connectivity index (χ4v) is 3.00. The average Bonchev–Trinajstić information content (AvgIpc) is 2.61. The van der Waals surface area contributed by atoms with Crippen LogP contribution in [0.2, 0.25) is 0 Å². The van der Waals surface area contributed by atoms with Crippen molar-refractivity contribution in [2.24, 2.45) is 5.92 Å². The summed E-state index contributed by atoms with van der Waals surface area (Å²) in [5.74, 6) is -1.89. The van der Waals surface area contributed by atoms with E-state index in [4.69, 9.17) is 9.84 Å². The number of likely N-dealkylation sites (N-methyl/N-ethyl adjacent to an activating group) is 1. The Labute approximate surface area is 147 Å². The molecule has 2 amide bonds. The number of ether oxygens (including phenoxy) is 1. The van der Waals surface area contributed by atoms with Gasteiger partial charge in [0, 0.05) is 32.8 Å².